The molecule has 1 amide bonds. The molecule has 0 atom stereocenters. The predicted molar refractivity (Wildman–Crippen MR) is 143 cm³/mol. The summed E-state index contributed by atoms with van der Waals surface area (Å²) in [4.78, 5) is 21.7. The Labute approximate surface area is 224 Å². The largest absolute Gasteiger partial charge is 0.456 e. The van der Waals surface area contributed by atoms with E-state index in [9.17, 15) is 18.0 Å². The minimum Gasteiger partial charge on any atom is -0.456 e. The number of amides is 1. The Morgan fingerprint density at radius 2 is 1.74 bits per heavy atom. The van der Waals surface area contributed by atoms with Crippen molar-refractivity contribution in [3.05, 3.63) is 89.7 Å². The smallest absolute Gasteiger partial charge is 0.416 e. The van der Waals surface area contributed by atoms with Gasteiger partial charge in [-0.3, -0.25) is 4.79 Å². The van der Waals surface area contributed by atoms with Gasteiger partial charge in [0.2, 0.25) is 5.91 Å². The van der Waals surface area contributed by atoms with Gasteiger partial charge in [-0.1, -0.05) is 29.8 Å². The van der Waals surface area contributed by atoms with Crippen LogP contribution in [0.15, 0.2) is 79.1 Å². The Hall–Kier alpha value is -4.15. The molecule has 0 fully saturated rings. The van der Waals surface area contributed by atoms with E-state index in [4.69, 9.17) is 16.3 Å². The second-order valence-corrected chi connectivity index (χ2v) is 9.65. The number of hydrogen-bond acceptors (Lipinski definition) is 6. The molecule has 0 saturated heterocycles. The number of ether oxygens (including phenoxy) is 1. The summed E-state index contributed by atoms with van der Waals surface area (Å²) in [6, 6.07) is 18.9. The number of aromatic nitrogens is 2. The van der Waals surface area contributed by atoms with Crippen LogP contribution >= 0.6 is 22.9 Å². The zero-order chi connectivity index (χ0) is 26.9. The first-order valence-corrected chi connectivity index (χ1v) is 12.4. The van der Waals surface area contributed by atoms with E-state index >= 15 is 0 Å². The van der Waals surface area contributed by atoms with Crippen LogP contribution in [0.3, 0.4) is 0 Å². The van der Waals surface area contributed by atoms with E-state index in [2.05, 4.69) is 20.6 Å². The molecule has 0 radical (unpaired) electrons. The predicted octanol–water partition coefficient (Wildman–Crippen LogP) is 8.52. The van der Waals surface area contributed by atoms with E-state index in [1.54, 1.807) is 18.2 Å². The second kappa shape index (κ2) is 10.3. The van der Waals surface area contributed by atoms with Gasteiger partial charge in [0.15, 0.2) is 0 Å². The van der Waals surface area contributed by atoms with Crippen LogP contribution in [0, 0.1) is 0 Å². The van der Waals surface area contributed by atoms with Gasteiger partial charge in [0.1, 0.15) is 28.5 Å². The van der Waals surface area contributed by atoms with Crippen molar-refractivity contribution in [3.8, 4) is 21.9 Å². The third kappa shape index (κ3) is 5.71. The fourth-order valence-corrected chi connectivity index (χ4v) is 4.90. The maximum atomic E-state index is 13.0. The highest BCUT2D eigenvalue weighted by molar-refractivity contribution is 7.21. The quantitative estimate of drug-likeness (QED) is 0.220. The van der Waals surface area contributed by atoms with Gasteiger partial charge in [-0.25, -0.2) is 9.97 Å². The standard InChI is InChI=1S/C27H18ClF3N4O2S/c1-15(36)34-18-7-5-16(6-8-18)24-13-21-25(32-14-33-26(21)38-24)35-19-9-10-23(22(28)12-19)37-20-4-2-3-17(11-20)27(29,30)31/h2-14H,1H3,(H,34,36)(H,32,33,35). The van der Waals surface area contributed by atoms with Gasteiger partial charge in [-0.15, -0.1) is 11.3 Å². The van der Waals surface area contributed by atoms with Crippen LogP contribution < -0.4 is 15.4 Å². The molecule has 38 heavy (non-hydrogen) atoms. The molecule has 0 aliphatic heterocycles. The Kier molecular flexibility index (Phi) is 6.92. The minimum absolute atomic E-state index is 0.0239. The van der Waals surface area contributed by atoms with Crippen molar-refractivity contribution in [2.45, 2.75) is 13.1 Å². The lowest BCUT2D eigenvalue weighted by molar-refractivity contribution is -0.137. The summed E-state index contributed by atoms with van der Waals surface area (Å²) in [5.41, 5.74) is 1.48. The van der Waals surface area contributed by atoms with Crippen LogP contribution in [0.2, 0.25) is 5.02 Å². The number of carbonyl (C=O) groups excluding carboxylic acids is 1. The molecule has 0 saturated carbocycles. The van der Waals surface area contributed by atoms with Gasteiger partial charge in [-0.2, -0.15) is 13.2 Å². The highest BCUT2D eigenvalue weighted by Crippen LogP contribution is 2.38. The molecule has 192 valence electrons. The Bertz CT molecular complexity index is 1640. The Morgan fingerprint density at radius 1 is 0.974 bits per heavy atom. The number of benzene rings is 3. The normalized spacial score (nSPS) is 11.4. The zero-order valence-corrected chi connectivity index (χ0v) is 21.2. The molecule has 0 unspecified atom stereocenters. The van der Waals surface area contributed by atoms with Gasteiger partial charge in [-0.05, 0) is 60.2 Å². The highest BCUT2D eigenvalue weighted by atomic mass is 35.5. The number of anilines is 3. The fourth-order valence-electron chi connectivity index (χ4n) is 3.68. The summed E-state index contributed by atoms with van der Waals surface area (Å²) >= 11 is 7.88. The van der Waals surface area contributed by atoms with Crippen LogP contribution in [0.1, 0.15) is 12.5 Å². The summed E-state index contributed by atoms with van der Waals surface area (Å²) in [6.45, 7) is 1.46. The molecule has 5 aromatic rings. The van der Waals surface area contributed by atoms with Crippen molar-refractivity contribution in [1.29, 1.82) is 0 Å². The number of halogens is 4. The highest BCUT2D eigenvalue weighted by Gasteiger charge is 2.30. The summed E-state index contributed by atoms with van der Waals surface area (Å²) < 4.78 is 44.6. The van der Waals surface area contributed by atoms with Crippen LogP contribution in [0.25, 0.3) is 20.7 Å². The van der Waals surface area contributed by atoms with Crippen molar-refractivity contribution < 1.29 is 22.7 Å². The average molecular weight is 555 g/mol. The number of nitrogens with one attached hydrogen (secondary N) is 2. The van der Waals surface area contributed by atoms with Crippen molar-refractivity contribution in [1.82, 2.24) is 9.97 Å². The van der Waals surface area contributed by atoms with Crippen molar-refractivity contribution in [2.75, 3.05) is 10.6 Å². The number of thiophene rings is 1. The summed E-state index contributed by atoms with van der Waals surface area (Å²) in [5.74, 6) is 0.664. The molecule has 0 aliphatic rings. The van der Waals surface area contributed by atoms with E-state index < -0.39 is 11.7 Å². The van der Waals surface area contributed by atoms with Gasteiger partial charge < -0.3 is 15.4 Å². The molecule has 0 spiro atoms. The molecule has 2 N–H and O–H groups in total. The van der Waals surface area contributed by atoms with Crippen LogP contribution in [-0.4, -0.2) is 15.9 Å². The Morgan fingerprint density at radius 3 is 2.45 bits per heavy atom. The van der Waals surface area contributed by atoms with Crippen LogP contribution in [-0.2, 0) is 11.0 Å². The average Bonchev–Trinajstić information content (AvgIpc) is 3.31. The van der Waals surface area contributed by atoms with Gasteiger partial charge in [0.25, 0.3) is 0 Å². The fraction of sp³-hybridized carbons (Fsp3) is 0.0741. The lowest BCUT2D eigenvalue weighted by Gasteiger charge is -2.12. The molecule has 3 aromatic carbocycles. The first-order valence-electron chi connectivity index (χ1n) is 11.2. The number of nitrogens with zero attached hydrogens (tertiary/aromatic N) is 2. The Balaban J connectivity index is 1.36. The maximum absolute atomic E-state index is 13.0. The maximum Gasteiger partial charge on any atom is 0.416 e. The SMILES string of the molecule is CC(=O)Nc1ccc(-c2cc3c(Nc4ccc(Oc5cccc(C(F)(F)F)c5)c(Cl)c4)ncnc3s2)cc1. The first-order chi connectivity index (χ1) is 18.2. The van der Waals surface area contributed by atoms with Gasteiger partial charge in [0, 0.05) is 23.2 Å². The van der Waals surface area contributed by atoms with E-state index in [0.29, 0.717) is 17.2 Å². The third-order valence-electron chi connectivity index (χ3n) is 5.40. The van der Waals surface area contributed by atoms with Crippen LogP contribution in [0.5, 0.6) is 11.5 Å². The van der Waals surface area contributed by atoms with Crippen molar-refractivity contribution >= 4 is 56.3 Å². The number of hydrogen-bond donors (Lipinski definition) is 2. The minimum atomic E-state index is -4.47. The van der Waals surface area contributed by atoms with Gasteiger partial charge >= 0.3 is 6.18 Å². The molecule has 2 heterocycles. The number of rotatable bonds is 6. The molecular weight excluding hydrogens is 537 g/mol. The van der Waals surface area contributed by atoms with E-state index in [1.807, 2.05) is 30.3 Å². The molecule has 0 bridgehead atoms. The van der Waals surface area contributed by atoms with Crippen molar-refractivity contribution in [3.63, 3.8) is 0 Å². The topological polar surface area (TPSA) is 76.1 Å². The van der Waals surface area contributed by atoms with E-state index in [1.165, 1.54) is 36.7 Å². The first kappa shape index (κ1) is 25.5. The molecular formula is C27H18ClF3N4O2S. The summed E-state index contributed by atoms with van der Waals surface area (Å²) in [5, 5.41) is 6.98. The monoisotopic (exact) mass is 554 g/mol. The number of fused-ring (bicyclic) bond motifs is 1. The van der Waals surface area contributed by atoms with E-state index in [-0.39, 0.29) is 22.4 Å². The second-order valence-electron chi connectivity index (χ2n) is 8.21. The number of alkyl halides is 3. The van der Waals surface area contributed by atoms with Gasteiger partial charge in [0.05, 0.1) is 16.0 Å². The van der Waals surface area contributed by atoms with E-state index in [0.717, 1.165) is 32.8 Å². The van der Waals surface area contributed by atoms with Crippen molar-refractivity contribution in [2.24, 2.45) is 0 Å². The lowest BCUT2D eigenvalue weighted by atomic mass is 10.1. The molecule has 11 heteroatoms. The number of carbonyl (C=O) groups is 1. The molecule has 2 aromatic heterocycles. The molecule has 6 nitrogen and oxygen atoms in total. The lowest BCUT2D eigenvalue weighted by Crippen LogP contribution is -2.05. The third-order valence-corrected chi connectivity index (χ3v) is 6.79. The van der Waals surface area contributed by atoms with Crippen LogP contribution in [0.4, 0.5) is 30.4 Å². The molecule has 0 aliphatic carbocycles. The summed E-state index contributed by atoms with van der Waals surface area (Å²) in [7, 11) is 0. The zero-order valence-electron chi connectivity index (χ0n) is 19.6. The summed E-state index contributed by atoms with van der Waals surface area (Å²) in [6.07, 6.45) is -3.02. The molecule has 5 rings (SSSR count).